The first-order valence-electron chi connectivity index (χ1n) is 7.26. The van der Waals surface area contributed by atoms with Crippen molar-refractivity contribution >= 4 is 17.8 Å². The first-order valence-corrected chi connectivity index (χ1v) is 7.26. The summed E-state index contributed by atoms with van der Waals surface area (Å²) in [5.41, 5.74) is 0.438. The minimum Gasteiger partial charge on any atom is -0.466 e. The van der Waals surface area contributed by atoms with E-state index >= 15 is 0 Å². The molecule has 0 unspecified atom stereocenters. The lowest BCUT2D eigenvalue weighted by Crippen LogP contribution is -2.42. The smallest absolute Gasteiger partial charge is 0.328 e. The third-order valence-corrected chi connectivity index (χ3v) is 2.85. The van der Waals surface area contributed by atoms with Crippen molar-refractivity contribution in [1.29, 1.82) is 0 Å². The summed E-state index contributed by atoms with van der Waals surface area (Å²) in [7, 11) is 0. The van der Waals surface area contributed by atoms with Crippen molar-refractivity contribution in [2.24, 2.45) is 0 Å². The van der Waals surface area contributed by atoms with Gasteiger partial charge in [-0.1, -0.05) is 18.2 Å². The molecule has 0 radical (unpaired) electrons. The lowest BCUT2D eigenvalue weighted by atomic mass is 10.1. The van der Waals surface area contributed by atoms with Crippen LogP contribution in [0.5, 0.6) is 0 Å². The Balaban J connectivity index is 2.67. The topological polar surface area (TPSA) is 81.7 Å². The van der Waals surface area contributed by atoms with Gasteiger partial charge in [-0.15, -0.1) is 0 Å². The fourth-order valence-corrected chi connectivity index (χ4v) is 1.82. The van der Waals surface area contributed by atoms with E-state index in [2.05, 4.69) is 5.32 Å². The molecule has 0 aliphatic heterocycles. The second-order valence-electron chi connectivity index (χ2n) is 4.49. The van der Waals surface area contributed by atoms with Crippen LogP contribution < -0.4 is 5.32 Å². The third kappa shape index (κ3) is 5.95. The lowest BCUT2D eigenvalue weighted by molar-refractivity contribution is -0.146. The van der Waals surface area contributed by atoms with Gasteiger partial charge in [0.05, 0.1) is 13.2 Å². The molecule has 0 bridgehead atoms. The molecule has 1 atom stereocenters. The number of hydrogen-bond donors (Lipinski definition) is 1. The predicted octanol–water partition coefficient (Wildman–Crippen LogP) is 1.69. The van der Waals surface area contributed by atoms with Crippen molar-refractivity contribution in [3.05, 3.63) is 35.9 Å². The van der Waals surface area contributed by atoms with Gasteiger partial charge in [0.1, 0.15) is 6.04 Å². The van der Waals surface area contributed by atoms with E-state index in [0.29, 0.717) is 5.56 Å². The zero-order valence-electron chi connectivity index (χ0n) is 12.8. The van der Waals surface area contributed by atoms with Crippen LogP contribution in [0.3, 0.4) is 0 Å². The summed E-state index contributed by atoms with van der Waals surface area (Å²) in [6.45, 7) is 3.87. The highest BCUT2D eigenvalue weighted by atomic mass is 16.5. The van der Waals surface area contributed by atoms with Gasteiger partial charge >= 0.3 is 11.9 Å². The molecule has 1 aromatic rings. The minimum atomic E-state index is -0.878. The van der Waals surface area contributed by atoms with Crippen LogP contribution >= 0.6 is 0 Å². The molecule has 1 amide bonds. The number of carbonyl (C=O) groups is 3. The Kier molecular flexibility index (Phi) is 7.67. The second kappa shape index (κ2) is 9.55. The van der Waals surface area contributed by atoms with Gasteiger partial charge < -0.3 is 14.8 Å². The van der Waals surface area contributed by atoms with E-state index in [9.17, 15) is 14.4 Å². The van der Waals surface area contributed by atoms with Crippen molar-refractivity contribution in [2.45, 2.75) is 32.7 Å². The molecule has 6 nitrogen and oxygen atoms in total. The molecule has 120 valence electrons. The summed E-state index contributed by atoms with van der Waals surface area (Å²) in [6.07, 6.45) is 0.169. The quantitative estimate of drug-likeness (QED) is 0.739. The Labute approximate surface area is 129 Å². The van der Waals surface area contributed by atoms with Gasteiger partial charge in [-0.25, -0.2) is 4.79 Å². The fourth-order valence-electron chi connectivity index (χ4n) is 1.82. The Morgan fingerprint density at radius 3 is 2.27 bits per heavy atom. The zero-order chi connectivity index (χ0) is 16.4. The number of ether oxygens (including phenoxy) is 2. The maximum atomic E-state index is 12.1. The number of rotatable bonds is 8. The third-order valence-electron chi connectivity index (χ3n) is 2.85. The molecule has 1 N–H and O–H groups in total. The highest BCUT2D eigenvalue weighted by Gasteiger charge is 2.23. The monoisotopic (exact) mass is 307 g/mol. The molecule has 0 saturated heterocycles. The molecule has 0 heterocycles. The summed E-state index contributed by atoms with van der Waals surface area (Å²) in [4.78, 5) is 35.4. The molecule has 0 fully saturated rings. The number of amides is 1. The minimum absolute atomic E-state index is 0.0341. The van der Waals surface area contributed by atoms with E-state index < -0.39 is 18.0 Å². The van der Waals surface area contributed by atoms with Crippen LogP contribution in [0.1, 0.15) is 37.0 Å². The highest BCUT2D eigenvalue weighted by molar-refractivity contribution is 5.96. The van der Waals surface area contributed by atoms with Crippen LogP contribution in [-0.2, 0) is 19.1 Å². The second-order valence-corrected chi connectivity index (χ2v) is 4.49. The zero-order valence-corrected chi connectivity index (χ0v) is 12.8. The van der Waals surface area contributed by atoms with E-state index in [1.54, 1.807) is 44.2 Å². The number of benzene rings is 1. The van der Waals surface area contributed by atoms with Crippen molar-refractivity contribution in [3.63, 3.8) is 0 Å². The number of esters is 2. The number of nitrogens with one attached hydrogen (secondary N) is 1. The van der Waals surface area contributed by atoms with Crippen molar-refractivity contribution in [1.82, 2.24) is 5.32 Å². The molecule has 0 saturated carbocycles. The molecule has 0 aliphatic rings. The largest absolute Gasteiger partial charge is 0.466 e. The van der Waals surface area contributed by atoms with Crippen LogP contribution in [0.2, 0.25) is 0 Å². The van der Waals surface area contributed by atoms with E-state index in [1.165, 1.54) is 0 Å². The van der Waals surface area contributed by atoms with E-state index in [4.69, 9.17) is 9.47 Å². The van der Waals surface area contributed by atoms with Crippen LogP contribution in [0.25, 0.3) is 0 Å². The molecule has 0 aliphatic carbocycles. The molecule has 6 heteroatoms. The van der Waals surface area contributed by atoms with Crippen LogP contribution in [0, 0.1) is 0 Å². The predicted molar refractivity (Wildman–Crippen MR) is 80.2 cm³/mol. The van der Waals surface area contributed by atoms with Gasteiger partial charge in [-0.3, -0.25) is 9.59 Å². The number of carbonyl (C=O) groups excluding carboxylic acids is 3. The van der Waals surface area contributed by atoms with Crippen molar-refractivity contribution < 1.29 is 23.9 Å². The van der Waals surface area contributed by atoms with Crippen LogP contribution in [-0.4, -0.2) is 37.1 Å². The van der Waals surface area contributed by atoms with E-state index in [-0.39, 0.29) is 32.0 Å². The first-order chi connectivity index (χ1) is 10.6. The van der Waals surface area contributed by atoms with Crippen molar-refractivity contribution in [3.8, 4) is 0 Å². The van der Waals surface area contributed by atoms with Gasteiger partial charge in [-0.2, -0.15) is 0 Å². The van der Waals surface area contributed by atoms with E-state index in [0.717, 1.165) is 0 Å². The van der Waals surface area contributed by atoms with Gasteiger partial charge in [0.15, 0.2) is 0 Å². The molecule has 0 aromatic heterocycles. The average molecular weight is 307 g/mol. The maximum Gasteiger partial charge on any atom is 0.328 e. The average Bonchev–Trinajstić information content (AvgIpc) is 2.52. The summed E-state index contributed by atoms with van der Waals surface area (Å²) in [5, 5.41) is 2.59. The SMILES string of the molecule is CCOC(=O)CC[C@H](NC(=O)c1ccccc1)C(=O)OCC. The first kappa shape index (κ1) is 17.7. The summed E-state index contributed by atoms with van der Waals surface area (Å²) in [5.74, 6) is -1.36. The Hall–Kier alpha value is -2.37. The molecular formula is C16H21NO5. The molecular weight excluding hydrogens is 286 g/mol. The fraction of sp³-hybridized carbons (Fsp3) is 0.438. The Bertz CT molecular complexity index is 501. The standard InChI is InChI=1S/C16H21NO5/c1-3-21-14(18)11-10-13(16(20)22-4-2)17-15(19)12-8-6-5-7-9-12/h5-9,13H,3-4,10-11H2,1-2H3,(H,17,19)/t13-/m0/s1. The van der Waals surface area contributed by atoms with E-state index in [1.807, 2.05) is 0 Å². The van der Waals surface area contributed by atoms with Crippen LogP contribution in [0.4, 0.5) is 0 Å². The van der Waals surface area contributed by atoms with Crippen molar-refractivity contribution in [2.75, 3.05) is 13.2 Å². The molecule has 22 heavy (non-hydrogen) atoms. The van der Waals surface area contributed by atoms with Gasteiger partial charge in [-0.05, 0) is 32.4 Å². The maximum absolute atomic E-state index is 12.1. The normalized spacial score (nSPS) is 11.4. The Morgan fingerprint density at radius 2 is 1.68 bits per heavy atom. The van der Waals surface area contributed by atoms with Crippen LogP contribution in [0.15, 0.2) is 30.3 Å². The summed E-state index contributed by atoms with van der Waals surface area (Å²) < 4.78 is 9.75. The molecule has 1 rings (SSSR count). The molecule has 1 aromatic carbocycles. The Morgan fingerprint density at radius 1 is 1.05 bits per heavy atom. The molecule has 0 spiro atoms. The van der Waals surface area contributed by atoms with Gasteiger partial charge in [0.2, 0.25) is 0 Å². The lowest BCUT2D eigenvalue weighted by Gasteiger charge is -2.17. The highest BCUT2D eigenvalue weighted by Crippen LogP contribution is 2.05. The van der Waals surface area contributed by atoms with Gasteiger partial charge in [0, 0.05) is 12.0 Å². The summed E-state index contributed by atoms with van der Waals surface area (Å²) >= 11 is 0. The van der Waals surface area contributed by atoms with Gasteiger partial charge in [0.25, 0.3) is 5.91 Å². The number of hydrogen-bond acceptors (Lipinski definition) is 5. The summed E-state index contributed by atoms with van der Waals surface area (Å²) in [6, 6.07) is 7.66.